The number of likely N-dealkylation sites (tertiary alicyclic amines) is 1. The van der Waals surface area contributed by atoms with E-state index in [1.807, 2.05) is 4.90 Å². The van der Waals surface area contributed by atoms with Gasteiger partial charge in [-0.15, -0.1) is 0 Å². The summed E-state index contributed by atoms with van der Waals surface area (Å²) in [6.45, 7) is 2.36. The summed E-state index contributed by atoms with van der Waals surface area (Å²) in [6, 6.07) is 0. The Hall–Kier alpha value is -0.680. The van der Waals surface area contributed by atoms with Crippen LogP contribution >= 0.6 is 0 Å². The van der Waals surface area contributed by atoms with Crippen LogP contribution < -0.4 is 5.32 Å². The van der Waals surface area contributed by atoms with Crippen molar-refractivity contribution in [1.82, 2.24) is 10.2 Å². The molecule has 0 spiro atoms. The van der Waals surface area contributed by atoms with Gasteiger partial charge in [-0.2, -0.15) is 0 Å². The van der Waals surface area contributed by atoms with Crippen LogP contribution in [0.2, 0.25) is 0 Å². The Labute approximate surface area is 101 Å². The Morgan fingerprint density at radius 1 is 1.47 bits per heavy atom. The third kappa shape index (κ3) is 2.96. The highest BCUT2D eigenvalue weighted by molar-refractivity contribution is 5.79. The summed E-state index contributed by atoms with van der Waals surface area (Å²) < 4.78 is 12.4. The maximum Gasteiger partial charge on any atom is 0.227 e. The van der Waals surface area contributed by atoms with Crippen molar-refractivity contribution in [2.24, 2.45) is 11.8 Å². The van der Waals surface area contributed by atoms with Gasteiger partial charge >= 0.3 is 0 Å². The van der Waals surface area contributed by atoms with Crippen molar-refractivity contribution < 1.29 is 14.3 Å². The van der Waals surface area contributed by atoms with Crippen molar-refractivity contribution in [3.8, 4) is 0 Å². The Morgan fingerprint density at radius 3 is 2.94 bits per heavy atom. The van der Waals surface area contributed by atoms with Crippen LogP contribution in [0, 0.1) is 11.8 Å². The first-order valence-electron chi connectivity index (χ1n) is 6.46. The Balaban J connectivity index is 1.90. The summed E-state index contributed by atoms with van der Waals surface area (Å²) in [6.07, 6.45) is 1.38. The molecule has 2 aliphatic rings. The number of hydrogen-bond donors (Lipinski definition) is 2. The molecule has 2 heterocycles. The highest BCUT2D eigenvalue weighted by atomic mass is 19.1. The minimum Gasteiger partial charge on any atom is -0.393 e. The van der Waals surface area contributed by atoms with Crippen LogP contribution in [0.1, 0.15) is 19.3 Å². The van der Waals surface area contributed by atoms with E-state index in [-0.39, 0.29) is 17.7 Å². The van der Waals surface area contributed by atoms with Gasteiger partial charge in [-0.25, -0.2) is 0 Å². The third-order valence-electron chi connectivity index (χ3n) is 3.89. The molecule has 0 aromatic carbocycles. The number of alkyl halides is 1. The molecular formula is C12H21FN2O2. The van der Waals surface area contributed by atoms with Crippen LogP contribution in [0.5, 0.6) is 0 Å². The maximum absolute atomic E-state index is 12.4. The second kappa shape index (κ2) is 5.78. The zero-order valence-corrected chi connectivity index (χ0v) is 10.1. The number of carbonyl (C=O) groups is 1. The lowest BCUT2D eigenvalue weighted by molar-refractivity contribution is -0.138. The second-order valence-corrected chi connectivity index (χ2v) is 5.07. The molecule has 0 unspecified atom stereocenters. The highest BCUT2D eigenvalue weighted by Gasteiger charge is 2.33. The van der Waals surface area contributed by atoms with E-state index >= 15 is 0 Å². The summed E-state index contributed by atoms with van der Waals surface area (Å²) in [4.78, 5) is 14.0. The van der Waals surface area contributed by atoms with Crippen molar-refractivity contribution in [3.05, 3.63) is 0 Å². The lowest BCUT2D eigenvalue weighted by atomic mass is 9.91. The first-order chi connectivity index (χ1) is 8.22. The molecule has 2 aliphatic heterocycles. The molecule has 1 amide bonds. The van der Waals surface area contributed by atoms with Crippen molar-refractivity contribution in [2.75, 3.05) is 32.9 Å². The molecule has 2 fully saturated rings. The quantitative estimate of drug-likeness (QED) is 0.744. The summed E-state index contributed by atoms with van der Waals surface area (Å²) >= 11 is 0. The molecular weight excluding hydrogens is 223 g/mol. The standard InChI is InChI=1S/C12H21FN2O2/c13-4-1-10-8-15(6-3-11(10)16)12(17)9-2-5-14-7-9/h9-11,14,16H,1-8H2/t9-,10-,11+/m1/s1. The molecule has 3 atom stereocenters. The minimum absolute atomic E-state index is 0.0799. The van der Waals surface area contributed by atoms with Gasteiger partial charge in [-0.1, -0.05) is 0 Å². The molecule has 0 saturated carbocycles. The molecule has 0 radical (unpaired) electrons. The van der Waals surface area contributed by atoms with Gasteiger partial charge in [0.15, 0.2) is 0 Å². The fraction of sp³-hybridized carbons (Fsp3) is 0.917. The zero-order valence-electron chi connectivity index (χ0n) is 10.1. The van der Waals surface area contributed by atoms with Gasteiger partial charge in [0.25, 0.3) is 0 Å². The number of piperidine rings is 1. The van der Waals surface area contributed by atoms with Gasteiger partial charge in [0.2, 0.25) is 5.91 Å². The third-order valence-corrected chi connectivity index (χ3v) is 3.89. The van der Waals surface area contributed by atoms with Gasteiger partial charge < -0.3 is 15.3 Å². The van der Waals surface area contributed by atoms with Gasteiger partial charge in [-0.05, 0) is 25.8 Å². The van der Waals surface area contributed by atoms with Gasteiger partial charge in [0.1, 0.15) is 0 Å². The fourth-order valence-electron chi connectivity index (χ4n) is 2.77. The summed E-state index contributed by atoms with van der Waals surface area (Å²) in [5.74, 6) is 0.161. The lowest BCUT2D eigenvalue weighted by Gasteiger charge is -2.37. The van der Waals surface area contributed by atoms with Gasteiger partial charge in [0.05, 0.1) is 18.7 Å². The number of rotatable bonds is 3. The first-order valence-corrected chi connectivity index (χ1v) is 6.46. The lowest BCUT2D eigenvalue weighted by Crippen LogP contribution is -2.48. The average Bonchev–Trinajstić information content (AvgIpc) is 2.85. The van der Waals surface area contributed by atoms with Crippen molar-refractivity contribution in [1.29, 1.82) is 0 Å². The van der Waals surface area contributed by atoms with Gasteiger partial charge in [0, 0.05) is 25.6 Å². The van der Waals surface area contributed by atoms with E-state index in [2.05, 4.69) is 5.32 Å². The van der Waals surface area contributed by atoms with E-state index in [4.69, 9.17) is 0 Å². The largest absolute Gasteiger partial charge is 0.393 e. The number of halogens is 1. The molecule has 0 aromatic rings. The predicted molar refractivity (Wildman–Crippen MR) is 62.3 cm³/mol. The molecule has 5 heteroatoms. The Bertz CT molecular complexity index is 269. The zero-order chi connectivity index (χ0) is 12.3. The van der Waals surface area contributed by atoms with Crippen molar-refractivity contribution >= 4 is 5.91 Å². The van der Waals surface area contributed by atoms with Crippen molar-refractivity contribution in [3.63, 3.8) is 0 Å². The van der Waals surface area contributed by atoms with E-state index in [1.54, 1.807) is 0 Å². The van der Waals surface area contributed by atoms with Crippen molar-refractivity contribution in [2.45, 2.75) is 25.4 Å². The number of aliphatic hydroxyl groups excluding tert-OH is 1. The van der Waals surface area contributed by atoms with E-state index in [1.165, 1.54) is 0 Å². The maximum atomic E-state index is 12.4. The van der Waals surface area contributed by atoms with E-state index < -0.39 is 12.8 Å². The molecule has 0 aromatic heterocycles. The van der Waals surface area contributed by atoms with Crippen LogP contribution in [-0.2, 0) is 4.79 Å². The van der Waals surface area contributed by atoms with Crippen LogP contribution in [0.25, 0.3) is 0 Å². The summed E-state index contributed by atoms with van der Waals surface area (Å²) in [7, 11) is 0. The van der Waals surface area contributed by atoms with Crippen LogP contribution in [-0.4, -0.2) is 54.9 Å². The fourth-order valence-corrected chi connectivity index (χ4v) is 2.77. The van der Waals surface area contributed by atoms with Crippen LogP contribution in [0.4, 0.5) is 4.39 Å². The monoisotopic (exact) mass is 244 g/mol. The highest BCUT2D eigenvalue weighted by Crippen LogP contribution is 2.23. The SMILES string of the molecule is O=C([C@@H]1CCNC1)N1CC[C@H](O)[C@H](CCF)C1. The molecule has 0 aliphatic carbocycles. The second-order valence-electron chi connectivity index (χ2n) is 5.07. The normalized spacial score (nSPS) is 34.0. The van der Waals surface area contributed by atoms with E-state index in [0.29, 0.717) is 25.9 Å². The average molecular weight is 244 g/mol. The van der Waals surface area contributed by atoms with Gasteiger partial charge in [-0.3, -0.25) is 9.18 Å². The number of hydrogen-bond acceptors (Lipinski definition) is 3. The number of carbonyl (C=O) groups excluding carboxylic acids is 1. The molecule has 17 heavy (non-hydrogen) atoms. The number of nitrogens with one attached hydrogen (secondary N) is 1. The molecule has 4 nitrogen and oxygen atoms in total. The summed E-state index contributed by atoms with van der Waals surface area (Å²) in [5, 5.41) is 12.9. The van der Waals surface area contributed by atoms with Crippen LogP contribution in [0.15, 0.2) is 0 Å². The molecule has 98 valence electrons. The minimum atomic E-state index is -0.448. The smallest absolute Gasteiger partial charge is 0.227 e. The Morgan fingerprint density at radius 2 is 2.29 bits per heavy atom. The molecule has 2 saturated heterocycles. The van der Waals surface area contributed by atoms with Crippen LogP contribution in [0.3, 0.4) is 0 Å². The Kier molecular flexibility index (Phi) is 4.34. The topological polar surface area (TPSA) is 52.6 Å². The molecule has 2 N–H and O–H groups in total. The number of aliphatic hydroxyl groups is 1. The number of nitrogens with zero attached hydrogens (tertiary/aromatic N) is 1. The molecule has 2 rings (SSSR count). The first kappa shape index (κ1) is 12.8. The van der Waals surface area contributed by atoms with E-state index in [0.717, 1.165) is 19.5 Å². The molecule has 0 bridgehead atoms. The van der Waals surface area contributed by atoms with E-state index in [9.17, 15) is 14.3 Å². The number of amides is 1. The predicted octanol–water partition coefficient (Wildman–Crippen LogP) is 0.165. The summed E-state index contributed by atoms with van der Waals surface area (Å²) in [5.41, 5.74) is 0.